The fourth-order valence-electron chi connectivity index (χ4n) is 3.36. The van der Waals surface area contributed by atoms with Gasteiger partial charge in [0.1, 0.15) is 6.17 Å². The molecule has 110 valence electrons. The summed E-state index contributed by atoms with van der Waals surface area (Å²) in [6.45, 7) is 2.61. The van der Waals surface area contributed by atoms with E-state index in [1.54, 1.807) is 11.3 Å². The first kappa shape index (κ1) is 14.4. The van der Waals surface area contributed by atoms with E-state index in [4.69, 9.17) is 0 Å². The average Bonchev–Trinajstić information content (AvgIpc) is 3.05. The van der Waals surface area contributed by atoms with Gasteiger partial charge in [0.15, 0.2) is 0 Å². The average molecular weight is 310 g/mol. The molecule has 3 nitrogen and oxygen atoms in total. The van der Waals surface area contributed by atoms with Crippen LogP contribution in [0.4, 0.5) is 0 Å². The number of hydrogen-bond acceptors (Lipinski definition) is 4. The van der Waals surface area contributed by atoms with E-state index in [0.717, 1.165) is 12.8 Å². The van der Waals surface area contributed by atoms with E-state index >= 15 is 0 Å². The van der Waals surface area contributed by atoms with Crippen molar-refractivity contribution in [2.45, 2.75) is 50.1 Å². The molecular weight excluding hydrogens is 288 g/mol. The summed E-state index contributed by atoms with van der Waals surface area (Å²) in [5, 5.41) is 4.11. The highest BCUT2D eigenvalue weighted by Crippen LogP contribution is 2.36. The largest absolute Gasteiger partial charge is 0.318 e. The summed E-state index contributed by atoms with van der Waals surface area (Å²) in [5.41, 5.74) is 0. The van der Waals surface area contributed by atoms with Crippen LogP contribution in [0.15, 0.2) is 12.1 Å². The number of thioether (sulfide) groups is 1. The van der Waals surface area contributed by atoms with Crippen LogP contribution < -0.4 is 5.32 Å². The van der Waals surface area contributed by atoms with Crippen LogP contribution in [-0.2, 0) is 4.79 Å². The lowest BCUT2D eigenvalue weighted by Crippen LogP contribution is -2.42. The van der Waals surface area contributed by atoms with Crippen molar-refractivity contribution in [1.29, 1.82) is 0 Å². The second-order valence-corrected chi connectivity index (χ2v) is 8.17. The molecule has 1 aromatic rings. The fourth-order valence-corrected chi connectivity index (χ4v) is 5.13. The molecule has 2 fully saturated rings. The van der Waals surface area contributed by atoms with Crippen molar-refractivity contribution in [3.05, 3.63) is 21.9 Å². The minimum absolute atomic E-state index is 0.104. The van der Waals surface area contributed by atoms with E-state index in [2.05, 4.69) is 35.5 Å². The third-order valence-electron chi connectivity index (χ3n) is 4.37. The lowest BCUT2D eigenvalue weighted by atomic mass is 9.93. The van der Waals surface area contributed by atoms with Gasteiger partial charge < -0.3 is 4.90 Å². The summed E-state index contributed by atoms with van der Waals surface area (Å²) in [4.78, 5) is 17.0. The number of aryl methyl sites for hydroxylation is 1. The molecule has 3 unspecified atom stereocenters. The number of carbonyl (C=O) groups excluding carboxylic acids is 1. The predicted octanol–water partition coefficient (Wildman–Crippen LogP) is 3.16. The number of rotatable bonds is 3. The highest BCUT2D eigenvalue weighted by atomic mass is 32.2. The Morgan fingerprint density at radius 1 is 1.40 bits per heavy atom. The predicted molar refractivity (Wildman–Crippen MR) is 86.2 cm³/mol. The smallest absolute Gasteiger partial charge is 0.238 e. The molecule has 2 heterocycles. The van der Waals surface area contributed by atoms with Crippen molar-refractivity contribution >= 4 is 29.0 Å². The molecule has 0 aromatic carbocycles. The molecule has 5 heteroatoms. The number of nitrogens with one attached hydrogen (secondary N) is 1. The van der Waals surface area contributed by atoms with Gasteiger partial charge in [-0.2, -0.15) is 11.8 Å². The van der Waals surface area contributed by atoms with Gasteiger partial charge in [0.25, 0.3) is 0 Å². The molecule has 20 heavy (non-hydrogen) atoms. The Labute approximate surface area is 129 Å². The normalized spacial score (nSPS) is 31.0. The zero-order valence-corrected chi connectivity index (χ0v) is 13.7. The Morgan fingerprint density at radius 2 is 2.25 bits per heavy atom. The molecule has 1 aliphatic heterocycles. The van der Waals surface area contributed by atoms with Crippen molar-refractivity contribution in [3.8, 4) is 0 Å². The van der Waals surface area contributed by atoms with E-state index in [1.165, 1.54) is 22.6 Å². The first-order valence-electron chi connectivity index (χ1n) is 7.32. The van der Waals surface area contributed by atoms with Crippen molar-refractivity contribution in [2.24, 2.45) is 0 Å². The monoisotopic (exact) mass is 310 g/mol. The second-order valence-electron chi connectivity index (χ2n) is 5.71. The van der Waals surface area contributed by atoms with E-state index in [0.29, 0.717) is 17.8 Å². The first-order valence-corrected chi connectivity index (χ1v) is 9.43. The SMILES string of the molecule is CSC1CCCC(N2C(=O)CNC2c2ccc(C)s2)C1. The summed E-state index contributed by atoms with van der Waals surface area (Å²) in [7, 11) is 0. The maximum Gasteiger partial charge on any atom is 0.238 e. The summed E-state index contributed by atoms with van der Waals surface area (Å²) < 4.78 is 0. The Morgan fingerprint density at radius 3 is 2.95 bits per heavy atom. The molecule has 3 rings (SSSR count). The highest BCUT2D eigenvalue weighted by Gasteiger charge is 2.39. The Hall–Kier alpha value is -0.520. The van der Waals surface area contributed by atoms with Crippen molar-refractivity contribution in [3.63, 3.8) is 0 Å². The lowest BCUT2D eigenvalue weighted by Gasteiger charge is -2.37. The van der Waals surface area contributed by atoms with E-state index in [9.17, 15) is 4.79 Å². The molecule has 1 N–H and O–H groups in total. The molecule has 3 atom stereocenters. The molecule has 1 aliphatic carbocycles. The van der Waals surface area contributed by atoms with Crippen LogP contribution in [0.25, 0.3) is 0 Å². The van der Waals surface area contributed by atoms with E-state index in [1.807, 2.05) is 11.8 Å². The summed E-state index contributed by atoms with van der Waals surface area (Å²) in [5.74, 6) is 0.271. The van der Waals surface area contributed by atoms with Crippen LogP contribution in [0.5, 0.6) is 0 Å². The number of nitrogens with zero attached hydrogens (tertiary/aromatic N) is 1. The lowest BCUT2D eigenvalue weighted by molar-refractivity contribution is -0.130. The van der Waals surface area contributed by atoms with Crippen LogP contribution in [0.1, 0.15) is 41.6 Å². The highest BCUT2D eigenvalue weighted by molar-refractivity contribution is 7.99. The molecule has 1 amide bonds. The standard InChI is InChI=1S/C15H22N2OS2/c1-10-6-7-13(20-10)15-16-9-14(18)17(15)11-4-3-5-12(8-11)19-2/h6-7,11-12,15-16H,3-5,8-9H2,1-2H3. The van der Waals surface area contributed by atoms with Gasteiger partial charge in [0.05, 0.1) is 6.54 Å². The summed E-state index contributed by atoms with van der Waals surface area (Å²) in [6.07, 6.45) is 7.15. The minimum Gasteiger partial charge on any atom is -0.318 e. The van der Waals surface area contributed by atoms with Crippen molar-refractivity contribution in [1.82, 2.24) is 10.2 Å². The molecule has 1 aromatic heterocycles. The zero-order chi connectivity index (χ0) is 14.1. The Kier molecular flexibility index (Phi) is 4.38. The van der Waals surface area contributed by atoms with Gasteiger partial charge >= 0.3 is 0 Å². The molecule has 1 saturated carbocycles. The van der Waals surface area contributed by atoms with Crippen molar-refractivity contribution < 1.29 is 4.79 Å². The number of amides is 1. The van der Waals surface area contributed by atoms with E-state index < -0.39 is 0 Å². The third-order valence-corrected chi connectivity index (χ3v) is 6.52. The molecule has 0 radical (unpaired) electrons. The second kappa shape index (κ2) is 6.08. The Balaban J connectivity index is 1.79. The quantitative estimate of drug-likeness (QED) is 0.931. The van der Waals surface area contributed by atoms with Crippen LogP contribution in [0.2, 0.25) is 0 Å². The van der Waals surface area contributed by atoms with Gasteiger partial charge in [-0.15, -0.1) is 11.3 Å². The fraction of sp³-hybridized carbons (Fsp3) is 0.667. The maximum atomic E-state index is 12.3. The maximum absolute atomic E-state index is 12.3. The van der Waals surface area contributed by atoms with Crippen LogP contribution >= 0.6 is 23.1 Å². The van der Waals surface area contributed by atoms with Gasteiger partial charge in [-0.1, -0.05) is 6.42 Å². The minimum atomic E-state index is 0.104. The summed E-state index contributed by atoms with van der Waals surface area (Å²) >= 11 is 3.75. The van der Waals surface area contributed by atoms with Gasteiger partial charge in [-0.05, 0) is 44.6 Å². The zero-order valence-electron chi connectivity index (χ0n) is 12.1. The number of hydrogen-bond donors (Lipinski definition) is 1. The molecule has 2 aliphatic rings. The van der Waals surface area contributed by atoms with Crippen LogP contribution in [-0.4, -0.2) is 34.9 Å². The topological polar surface area (TPSA) is 32.3 Å². The third kappa shape index (κ3) is 2.76. The van der Waals surface area contributed by atoms with Gasteiger partial charge in [0.2, 0.25) is 5.91 Å². The molecule has 0 bridgehead atoms. The number of thiophene rings is 1. The van der Waals surface area contributed by atoms with E-state index in [-0.39, 0.29) is 12.1 Å². The molecule has 1 saturated heterocycles. The van der Waals surface area contributed by atoms with Gasteiger partial charge in [-0.25, -0.2) is 0 Å². The van der Waals surface area contributed by atoms with Crippen LogP contribution in [0.3, 0.4) is 0 Å². The number of carbonyl (C=O) groups is 1. The first-order chi connectivity index (χ1) is 9.69. The van der Waals surface area contributed by atoms with Crippen LogP contribution in [0, 0.1) is 6.92 Å². The van der Waals surface area contributed by atoms with Gasteiger partial charge in [-0.3, -0.25) is 10.1 Å². The summed E-state index contributed by atoms with van der Waals surface area (Å²) in [6, 6.07) is 4.72. The van der Waals surface area contributed by atoms with Crippen molar-refractivity contribution in [2.75, 3.05) is 12.8 Å². The molecular formula is C15H22N2OS2. The van der Waals surface area contributed by atoms with Gasteiger partial charge in [0, 0.05) is 21.0 Å². The molecule has 0 spiro atoms. The Bertz CT molecular complexity index is 488.